The number of benzene rings is 1. The van der Waals surface area contributed by atoms with Gasteiger partial charge in [-0.1, -0.05) is 11.6 Å². The highest BCUT2D eigenvalue weighted by molar-refractivity contribution is 6.30. The molecule has 1 heterocycles. The first-order chi connectivity index (χ1) is 10.6. The van der Waals surface area contributed by atoms with Crippen molar-refractivity contribution in [3.63, 3.8) is 0 Å². The largest absolute Gasteiger partial charge is 0.496 e. The topological polar surface area (TPSA) is 56.1 Å². The van der Waals surface area contributed by atoms with Crippen LogP contribution < -0.4 is 10.1 Å². The second-order valence-electron chi connectivity index (χ2n) is 5.14. The van der Waals surface area contributed by atoms with Crippen LogP contribution in [-0.2, 0) is 4.79 Å². The van der Waals surface area contributed by atoms with Crippen LogP contribution in [0.25, 0.3) is 11.3 Å². The first-order valence-corrected chi connectivity index (χ1v) is 7.30. The number of nitrogens with zero attached hydrogens (tertiary/aromatic N) is 2. The number of aromatic nitrogens is 2. The third kappa shape index (κ3) is 3.06. The zero-order valence-electron chi connectivity index (χ0n) is 11.9. The first kappa shape index (κ1) is 14.8. The summed E-state index contributed by atoms with van der Waals surface area (Å²) in [6.45, 7) is 0. The molecule has 0 aliphatic heterocycles. The molecule has 1 unspecified atom stereocenters. The zero-order valence-corrected chi connectivity index (χ0v) is 12.7. The molecule has 1 aromatic heterocycles. The van der Waals surface area contributed by atoms with E-state index in [0.29, 0.717) is 22.0 Å². The van der Waals surface area contributed by atoms with E-state index in [0.717, 1.165) is 17.5 Å². The third-order valence-electron chi connectivity index (χ3n) is 3.42. The Hall–Kier alpha value is -2.08. The predicted molar refractivity (Wildman–Crippen MR) is 80.5 cm³/mol. The second-order valence-corrected chi connectivity index (χ2v) is 5.58. The molecule has 22 heavy (non-hydrogen) atoms. The Morgan fingerprint density at radius 3 is 2.95 bits per heavy atom. The molecule has 3 rings (SSSR count). The Morgan fingerprint density at radius 1 is 1.50 bits per heavy atom. The number of rotatable bonds is 5. The number of alkyl halides is 1. The predicted octanol–water partition coefficient (Wildman–Crippen LogP) is 2.96. The SMILES string of the molecule is COc1ccc(Cl)cc1-c1ccn(C(F)C(=O)NC2CC2)n1. The maximum atomic E-state index is 14.1. The maximum absolute atomic E-state index is 14.1. The average Bonchev–Trinajstić information content (AvgIpc) is 3.19. The van der Waals surface area contributed by atoms with Crippen LogP contribution in [0.5, 0.6) is 5.75 Å². The van der Waals surface area contributed by atoms with Gasteiger partial charge in [0.1, 0.15) is 5.75 Å². The summed E-state index contributed by atoms with van der Waals surface area (Å²) in [5.74, 6) is -0.0947. The van der Waals surface area contributed by atoms with E-state index in [-0.39, 0.29) is 6.04 Å². The Labute approximate surface area is 132 Å². The van der Waals surface area contributed by atoms with Crippen LogP contribution in [0, 0.1) is 0 Å². The summed E-state index contributed by atoms with van der Waals surface area (Å²) in [4.78, 5) is 11.7. The molecule has 0 saturated heterocycles. The summed E-state index contributed by atoms with van der Waals surface area (Å²) < 4.78 is 20.4. The Kier molecular flexibility index (Phi) is 4.02. The smallest absolute Gasteiger partial charge is 0.277 e. The van der Waals surface area contributed by atoms with Crippen LogP contribution in [-0.4, -0.2) is 28.8 Å². The molecule has 2 aromatic rings. The van der Waals surface area contributed by atoms with Gasteiger partial charge in [-0.3, -0.25) is 4.79 Å². The Balaban J connectivity index is 1.83. The quantitative estimate of drug-likeness (QED) is 0.920. The van der Waals surface area contributed by atoms with E-state index >= 15 is 0 Å². The highest BCUT2D eigenvalue weighted by atomic mass is 35.5. The van der Waals surface area contributed by atoms with Gasteiger partial charge in [-0.25, -0.2) is 9.07 Å². The van der Waals surface area contributed by atoms with Gasteiger partial charge >= 0.3 is 0 Å². The molecule has 1 saturated carbocycles. The molecular weight excluding hydrogens is 309 g/mol. The molecule has 1 N–H and O–H groups in total. The van der Waals surface area contributed by atoms with E-state index < -0.39 is 12.2 Å². The number of nitrogens with one attached hydrogen (secondary N) is 1. The van der Waals surface area contributed by atoms with E-state index in [4.69, 9.17) is 16.3 Å². The standard InChI is InChI=1S/C15H15ClFN3O2/c1-22-13-5-2-9(16)8-11(13)12-6-7-20(19-12)14(17)15(21)18-10-3-4-10/h2,5-8,10,14H,3-4H2,1H3,(H,18,21). The fourth-order valence-electron chi connectivity index (χ4n) is 2.11. The monoisotopic (exact) mass is 323 g/mol. The van der Waals surface area contributed by atoms with Crippen molar-refractivity contribution in [1.29, 1.82) is 0 Å². The Morgan fingerprint density at radius 2 is 2.27 bits per heavy atom. The van der Waals surface area contributed by atoms with Crippen molar-refractivity contribution in [1.82, 2.24) is 15.1 Å². The fraction of sp³-hybridized carbons (Fsp3) is 0.333. The van der Waals surface area contributed by atoms with E-state index in [9.17, 15) is 9.18 Å². The van der Waals surface area contributed by atoms with Crippen LogP contribution in [0.15, 0.2) is 30.5 Å². The number of methoxy groups -OCH3 is 1. The van der Waals surface area contributed by atoms with Crippen LogP contribution in [0.1, 0.15) is 19.1 Å². The lowest BCUT2D eigenvalue weighted by atomic mass is 10.1. The summed E-state index contributed by atoms with van der Waals surface area (Å²) in [5, 5.41) is 7.26. The molecular formula is C15H15ClFN3O2. The number of carbonyl (C=O) groups is 1. The van der Waals surface area contributed by atoms with Gasteiger partial charge in [-0.15, -0.1) is 0 Å². The van der Waals surface area contributed by atoms with Crippen molar-refractivity contribution >= 4 is 17.5 Å². The van der Waals surface area contributed by atoms with Crippen molar-refractivity contribution < 1.29 is 13.9 Å². The summed E-state index contributed by atoms with van der Waals surface area (Å²) >= 11 is 5.98. The van der Waals surface area contributed by atoms with E-state index in [2.05, 4.69) is 10.4 Å². The molecule has 1 amide bonds. The molecule has 1 aromatic carbocycles. The molecule has 7 heteroatoms. The van der Waals surface area contributed by atoms with Crippen molar-refractivity contribution in [2.45, 2.75) is 25.2 Å². The van der Waals surface area contributed by atoms with Gasteiger partial charge in [-0.05, 0) is 37.1 Å². The molecule has 0 bridgehead atoms. The van der Waals surface area contributed by atoms with Gasteiger partial charge in [-0.2, -0.15) is 5.10 Å². The van der Waals surface area contributed by atoms with Crippen LogP contribution in [0.4, 0.5) is 4.39 Å². The number of ether oxygens (including phenoxy) is 1. The minimum Gasteiger partial charge on any atom is -0.496 e. The van der Waals surface area contributed by atoms with E-state index in [1.807, 2.05) is 0 Å². The van der Waals surface area contributed by atoms with Crippen LogP contribution in [0.2, 0.25) is 5.02 Å². The second kappa shape index (κ2) is 5.96. The minimum absolute atomic E-state index is 0.105. The van der Waals surface area contributed by atoms with Gasteiger partial charge in [0.15, 0.2) is 0 Å². The van der Waals surface area contributed by atoms with Gasteiger partial charge < -0.3 is 10.1 Å². The van der Waals surface area contributed by atoms with Gasteiger partial charge in [0.05, 0.1) is 12.8 Å². The van der Waals surface area contributed by atoms with Crippen molar-refractivity contribution in [3.8, 4) is 17.0 Å². The molecule has 1 fully saturated rings. The van der Waals surface area contributed by atoms with Gasteiger partial charge in [0, 0.05) is 22.8 Å². The van der Waals surface area contributed by atoms with Gasteiger partial charge in [0.25, 0.3) is 12.2 Å². The zero-order chi connectivity index (χ0) is 15.7. The van der Waals surface area contributed by atoms with E-state index in [1.165, 1.54) is 13.3 Å². The number of amides is 1. The van der Waals surface area contributed by atoms with Gasteiger partial charge in [0.2, 0.25) is 0 Å². The fourth-order valence-corrected chi connectivity index (χ4v) is 2.28. The molecule has 0 spiro atoms. The summed E-state index contributed by atoms with van der Waals surface area (Å²) in [5.41, 5.74) is 1.13. The van der Waals surface area contributed by atoms with Crippen molar-refractivity contribution in [2.24, 2.45) is 0 Å². The van der Waals surface area contributed by atoms with Crippen LogP contribution >= 0.6 is 11.6 Å². The molecule has 1 aliphatic rings. The average molecular weight is 324 g/mol. The van der Waals surface area contributed by atoms with Crippen LogP contribution in [0.3, 0.4) is 0 Å². The van der Waals surface area contributed by atoms with E-state index in [1.54, 1.807) is 24.3 Å². The molecule has 116 valence electrons. The van der Waals surface area contributed by atoms with Crippen molar-refractivity contribution in [2.75, 3.05) is 7.11 Å². The first-order valence-electron chi connectivity index (χ1n) is 6.92. The number of hydrogen-bond acceptors (Lipinski definition) is 3. The summed E-state index contributed by atoms with van der Waals surface area (Å²) in [6, 6.07) is 6.81. The molecule has 0 radical (unpaired) electrons. The molecule has 1 atom stereocenters. The lowest BCUT2D eigenvalue weighted by Gasteiger charge is -2.09. The maximum Gasteiger partial charge on any atom is 0.277 e. The summed E-state index contributed by atoms with van der Waals surface area (Å²) in [7, 11) is 1.53. The lowest BCUT2D eigenvalue weighted by Crippen LogP contribution is -2.32. The lowest BCUT2D eigenvalue weighted by molar-refractivity contribution is -0.129. The normalized spacial score (nSPS) is 15.4. The van der Waals surface area contributed by atoms with Crippen molar-refractivity contribution in [3.05, 3.63) is 35.5 Å². The third-order valence-corrected chi connectivity index (χ3v) is 3.65. The molecule has 5 nitrogen and oxygen atoms in total. The highest BCUT2D eigenvalue weighted by Crippen LogP contribution is 2.31. The summed E-state index contributed by atoms with van der Waals surface area (Å²) in [6.07, 6.45) is 1.39. The highest BCUT2D eigenvalue weighted by Gasteiger charge is 2.28. The minimum atomic E-state index is -1.85. The molecule has 1 aliphatic carbocycles. The Bertz CT molecular complexity index is 700. The number of hydrogen-bond donors (Lipinski definition) is 1. The number of carbonyl (C=O) groups excluding carboxylic acids is 1. The number of halogens is 2.